The first kappa shape index (κ1) is 25.1. The van der Waals surface area contributed by atoms with Gasteiger partial charge in [-0.05, 0) is 68.7 Å². The first-order valence-electron chi connectivity index (χ1n) is 13.0. The molecule has 2 aromatic carbocycles. The lowest BCUT2D eigenvalue weighted by Crippen LogP contribution is -2.61. The van der Waals surface area contributed by atoms with Gasteiger partial charge in [-0.3, -0.25) is 4.79 Å². The van der Waals surface area contributed by atoms with Crippen molar-refractivity contribution < 1.29 is 29.0 Å². The van der Waals surface area contributed by atoms with E-state index >= 15 is 0 Å². The van der Waals surface area contributed by atoms with Crippen LogP contribution in [-0.2, 0) is 14.3 Å². The smallest absolute Gasteiger partial charge is 0.410 e. The van der Waals surface area contributed by atoms with E-state index in [2.05, 4.69) is 29.6 Å². The van der Waals surface area contributed by atoms with Gasteiger partial charge in [-0.25, -0.2) is 9.59 Å². The zero-order chi connectivity index (χ0) is 26.3. The number of piperidine rings is 2. The van der Waals surface area contributed by atoms with E-state index in [-0.39, 0.29) is 30.7 Å². The number of amides is 2. The third-order valence-electron chi connectivity index (χ3n) is 7.63. The summed E-state index contributed by atoms with van der Waals surface area (Å²) >= 11 is 0. The topological polar surface area (TPSA) is 105 Å². The number of hydrogen-bond donors (Lipinski definition) is 2. The Labute approximate surface area is 216 Å². The molecule has 2 atom stereocenters. The minimum Gasteiger partial charge on any atom is -0.481 e. The van der Waals surface area contributed by atoms with Gasteiger partial charge in [-0.1, -0.05) is 48.5 Å². The number of carboxylic acid groups (broad SMARTS) is 1. The fourth-order valence-electron chi connectivity index (χ4n) is 6.19. The Morgan fingerprint density at radius 2 is 1.46 bits per heavy atom. The zero-order valence-electron chi connectivity index (χ0n) is 21.5. The predicted molar refractivity (Wildman–Crippen MR) is 137 cm³/mol. The number of nitrogens with one attached hydrogen (secondary N) is 1. The third kappa shape index (κ3) is 5.15. The zero-order valence-corrected chi connectivity index (χ0v) is 21.5. The molecule has 2 N–H and O–H groups in total. The minimum absolute atomic E-state index is 0.0251. The van der Waals surface area contributed by atoms with Gasteiger partial charge in [0.25, 0.3) is 0 Å². The molecule has 2 saturated heterocycles. The summed E-state index contributed by atoms with van der Waals surface area (Å²) in [5, 5.41) is 12.6. The molecular weight excluding hydrogens is 472 g/mol. The number of hydrogen-bond acceptors (Lipinski definition) is 5. The van der Waals surface area contributed by atoms with Gasteiger partial charge < -0.3 is 24.8 Å². The number of nitrogens with zero attached hydrogens (tertiary/aromatic N) is 1. The van der Waals surface area contributed by atoms with Gasteiger partial charge in [0, 0.05) is 24.0 Å². The van der Waals surface area contributed by atoms with Gasteiger partial charge in [0.2, 0.25) is 0 Å². The van der Waals surface area contributed by atoms with E-state index < -0.39 is 29.7 Å². The molecule has 3 aliphatic rings. The van der Waals surface area contributed by atoms with Crippen LogP contribution in [0.5, 0.6) is 0 Å². The van der Waals surface area contributed by atoms with Crippen molar-refractivity contribution in [3.8, 4) is 11.1 Å². The van der Waals surface area contributed by atoms with Crippen molar-refractivity contribution in [2.75, 3.05) is 6.61 Å². The molecule has 0 aromatic heterocycles. The molecule has 8 nitrogen and oxygen atoms in total. The standard InChI is InChI=1S/C29H34N2O6/c1-29(2,3)37-28(35)31-19-12-17(26(32)33)13-20(31)15-18(14-19)30-27(34)36-16-25-23-10-6-4-8-21(23)22-9-5-7-11-24(22)25/h4-11,17-20,25H,12-16H2,1-3H3,(H,30,34)(H,32,33). The van der Waals surface area contributed by atoms with Gasteiger partial charge in [-0.15, -0.1) is 0 Å². The number of rotatable bonds is 4. The van der Waals surface area contributed by atoms with Crippen LogP contribution >= 0.6 is 0 Å². The lowest BCUT2D eigenvalue weighted by Gasteiger charge is -2.50. The number of aliphatic carboxylic acids is 1. The summed E-state index contributed by atoms with van der Waals surface area (Å²) in [6.07, 6.45) is 0.686. The van der Waals surface area contributed by atoms with Crippen LogP contribution in [0.25, 0.3) is 11.1 Å². The number of alkyl carbamates (subject to hydrolysis) is 1. The molecule has 2 heterocycles. The number of carboxylic acids is 1. The fraction of sp³-hybridized carbons (Fsp3) is 0.483. The van der Waals surface area contributed by atoms with Crippen LogP contribution in [0.4, 0.5) is 9.59 Å². The van der Waals surface area contributed by atoms with E-state index in [1.807, 2.05) is 45.0 Å². The van der Waals surface area contributed by atoms with E-state index in [1.54, 1.807) is 4.90 Å². The monoisotopic (exact) mass is 506 g/mol. The lowest BCUT2D eigenvalue weighted by atomic mass is 9.76. The summed E-state index contributed by atoms with van der Waals surface area (Å²) in [5.74, 6) is -1.38. The molecule has 2 unspecified atom stereocenters. The number of ether oxygens (including phenoxy) is 2. The summed E-state index contributed by atoms with van der Waals surface area (Å²) in [7, 11) is 0. The molecule has 2 fully saturated rings. The molecule has 0 spiro atoms. The number of carbonyl (C=O) groups is 3. The molecule has 2 aliphatic heterocycles. The van der Waals surface area contributed by atoms with Gasteiger partial charge in [0.15, 0.2) is 0 Å². The predicted octanol–water partition coefficient (Wildman–Crippen LogP) is 5.16. The highest BCUT2D eigenvalue weighted by Gasteiger charge is 2.47. The molecule has 0 saturated carbocycles. The van der Waals surface area contributed by atoms with E-state index in [0.29, 0.717) is 25.7 Å². The normalized spacial score (nSPS) is 24.6. The molecule has 196 valence electrons. The van der Waals surface area contributed by atoms with Crippen LogP contribution in [-0.4, -0.2) is 58.5 Å². The quantitative estimate of drug-likeness (QED) is 0.594. The molecule has 5 rings (SSSR count). The molecule has 0 radical (unpaired) electrons. The molecule has 1 aliphatic carbocycles. The van der Waals surface area contributed by atoms with Gasteiger partial charge in [0.1, 0.15) is 12.2 Å². The van der Waals surface area contributed by atoms with Gasteiger partial charge >= 0.3 is 18.2 Å². The highest BCUT2D eigenvalue weighted by atomic mass is 16.6. The van der Waals surface area contributed by atoms with Gasteiger partial charge in [0.05, 0.1) is 5.92 Å². The Balaban J connectivity index is 1.23. The van der Waals surface area contributed by atoms with Crippen LogP contribution < -0.4 is 5.32 Å². The Kier molecular flexibility index (Phi) is 6.60. The van der Waals surface area contributed by atoms with Crippen LogP contribution in [0.2, 0.25) is 0 Å². The average Bonchev–Trinajstić information content (AvgIpc) is 3.14. The highest BCUT2D eigenvalue weighted by Crippen LogP contribution is 2.44. The summed E-state index contributed by atoms with van der Waals surface area (Å²) in [6.45, 7) is 5.66. The molecular formula is C29H34N2O6. The summed E-state index contributed by atoms with van der Waals surface area (Å²) in [6, 6.07) is 15.5. The highest BCUT2D eigenvalue weighted by molar-refractivity contribution is 5.79. The van der Waals surface area contributed by atoms with Crippen molar-refractivity contribution in [2.24, 2.45) is 5.92 Å². The SMILES string of the molecule is CC(C)(C)OC(=O)N1C2CC(NC(=O)OCC3c4ccccc4-c4ccccc43)CC1CC(C(=O)O)C2. The maximum Gasteiger partial charge on any atom is 0.410 e. The van der Waals surface area contributed by atoms with Crippen LogP contribution in [0.1, 0.15) is 63.5 Å². The van der Waals surface area contributed by atoms with Crippen molar-refractivity contribution in [1.82, 2.24) is 10.2 Å². The Morgan fingerprint density at radius 3 is 1.97 bits per heavy atom. The Bertz CT molecular complexity index is 1140. The van der Waals surface area contributed by atoms with Crippen molar-refractivity contribution in [3.05, 3.63) is 59.7 Å². The third-order valence-corrected chi connectivity index (χ3v) is 7.63. The number of benzene rings is 2. The second-order valence-electron chi connectivity index (χ2n) is 11.3. The maximum absolute atomic E-state index is 12.9. The van der Waals surface area contributed by atoms with E-state index in [4.69, 9.17) is 9.47 Å². The molecule has 2 aromatic rings. The first-order chi connectivity index (χ1) is 17.6. The largest absolute Gasteiger partial charge is 0.481 e. The minimum atomic E-state index is -0.846. The van der Waals surface area contributed by atoms with Crippen LogP contribution in [0.15, 0.2) is 48.5 Å². The number of carbonyl (C=O) groups excluding carboxylic acids is 2. The summed E-state index contributed by atoms with van der Waals surface area (Å²) in [5.41, 5.74) is 3.99. The first-order valence-corrected chi connectivity index (χ1v) is 13.0. The van der Waals surface area contributed by atoms with Crippen LogP contribution in [0, 0.1) is 5.92 Å². The Morgan fingerprint density at radius 1 is 0.919 bits per heavy atom. The molecule has 2 amide bonds. The van der Waals surface area contributed by atoms with Gasteiger partial charge in [-0.2, -0.15) is 0 Å². The Hall–Kier alpha value is -3.55. The molecule has 2 bridgehead atoms. The van der Waals surface area contributed by atoms with Crippen molar-refractivity contribution in [2.45, 2.75) is 76.1 Å². The average molecular weight is 507 g/mol. The van der Waals surface area contributed by atoms with E-state index in [9.17, 15) is 19.5 Å². The van der Waals surface area contributed by atoms with Crippen LogP contribution in [0.3, 0.4) is 0 Å². The summed E-state index contributed by atoms with van der Waals surface area (Å²) < 4.78 is 11.3. The number of fused-ring (bicyclic) bond motifs is 5. The second-order valence-corrected chi connectivity index (χ2v) is 11.3. The summed E-state index contributed by atoms with van der Waals surface area (Å²) in [4.78, 5) is 39.2. The molecule has 37 heavy (non-hydrogen) atoms. The lowest BCUT2D eigenvalue weighted by molar-refractivity contribution is -0.146. The maximum atomic E-state index is 12.9. The second kappa shape index (κ2) is 9.72. The van der Waals surface area contributed by atoms with E-state index in [1.165, 1.54) is 11.1 Å². The van der Waals surface area contributed by atoms with Crippen molar-refractivity contribution >= 4 is 18.2 Å². The van der Waals surface area contributed by atoms with Crippen molar-refractivity contribution in [3.63, 3.8) is 0 Å². The molecule has 8 heteroatoms. The van der Waals surface area contributed by atoms with E-state index in [0.717, 1.165) is 11.1 Å². The fourth-order valence-corrected chi connectivity index (χ4v) is 6.19. The van der Waals surface area contributed by atoms with Crippen molar-refractivity contribution in [1.29, 1.82) is 0 Å².